The fraction of sp³-hybridized carbons (Fsp3) is 0.273. The number of amides is 1. The van der Waals surface area contributed by atoms with Gasteiger partial charge in [0.1, 0.15) is 10.7 Å². The minimum absolute atomic E-state index is 0.0285. The molecule has 2 N–H and O–H groups in total. The normalized spacial score (nSPS) is 11.0. The van der Waals surface area contributed by atoms with Crippen molar-refractivity contribution < 1.29 is 18.3 Å². The van der Waals surface area contributed by atoms with Gasteiger partial charge in [0.2, 0.25) is 5.91 Å². The first-order valence-corrected chi connectivity index (χ1v) is 11.8. The van der Waals surface area contributed by atoms with Crippen molar-refractivity contribution in [1.29, 1.82) is 0 Å². The Balaban J connectivity index is 1.76. The first-order chi connectivity index (χ1) is 14.4. The number of aryl methyl sites for hydroxylation is 2. The maximum atomic E-state index is 11.4. The zero-order valence-electron chi connectivity index (χ0n) is 16.6. The number of anilines is 1. The molecule has 0 aliphatic carbocycles. The molecule has 1 amide bonds. The third-order valence-electron chi connectivity index (χ3n) is 4.62. The van der Waals surface area contributed by atoms with Gasteiger partial charge in [-0.1, -0.05) is 48.5 Å². The van der Waals surface area contributed by atoms with Crippen molar-refractivity contribution >= 4 is 33.1 Å². The van der Waals surface area contributed by atoms with E-state index in [0.29, 0.717) is 11.6 Å². The van der Waals surface area contributed by atoms with Crippen molar-refractivity contribution in [2.24, 2.45) is 0 Å². The van der Waals surface area contributed by atoms with Gasteiger partial charge in [0.25, 0.3) is 0 Å². The molecule has 0 atom stereocenters. The molecule has 30 heavy (non-hydrogen) atoms. The Kier molecular flexibility index (Phi) is 7.73. The maximum absolute atomic E-state index is 11.4. The summed E-state index contributed by atoms with van der Waals surface area (Å²) in [7, 11) is -2.44. The summed E-state index contributed by atoms with van der Waals surface area (Å²) >= 11 is 1.47. The van der Waals surface area contributed by atoms with Crippen LogP contribution in [0.2, 0.25) is 0 Å². The molecular formula is C22H24N2O4S2. The van der Waals surface area contributed by atoms with E-state index >= 15 is 0 Å². The van der Waals surface area contributed by atoms with Crippen LogP contribution in [0.5, 0.6) is 0 Å². The molecule has 1 heterocycles. The molecule has 0 spiro atoms. The molecule has 0 aliphatic rings. The smallest absolute Gasteiger partial charge is 0.223 e. The number of aromatic nitrogens is 1. The van der Waals surface area contributed by atoms with Gasteiger partial charge in [0, 0.05) is 18.2 Å². The molecule has 0 unspecified atom stereocenters. The Labute approximate surface area is 181 Å². The number of carbonyl (C=O) groups excluding carboxylic acids is 1. The Morgan fingerprint density at radius 1 is 0.967 bits per heavy atom. The third kappa shape index (κ3) is 6.48. The second-order valence-electron chi connectivity index (χ2n) is 7.03. The zero-order chi connectivity index (χ0) is 21.5. The van der Waals surface area contributed by atoms with Crippen LogP contribution in [-0.4, -0.2) is 24.4 Å². The molecule has 0 bridgehead atoms. The SMILES string of the molecule is CC(=O)Nc1nc(CCc2ccc(CO)cc2)c(Cc2ccc(C[SH](=O)=O)cc2)s1. The molecule has 0 fully saturated rings. The average molecular weight is 445 g/mol. The van der Waals surface area contributed by atoms with Crippen molar-refractivity contribution in [3.8, 4) is 0 Å². The lowest BCUT2D eigenvalue weighted by Gasteiger charge is -2.05. The quantitative estimate of drug-likeness (QED) is 0.441. The van der Waals surface area contributed by atoms with E-state index in [4.69, 9.17) is 0 Å². The van der Waals surface area contributed by atoms with E-state index < -0.39 is 10.7 Å². The van der Waals surface area contributed by atoms with Crippen LogP contribution in [0.25, 0.3) is 0 Å². The minimum Gasteiger partial charge on any atom is -0.392 e. The summed E-state index contributed by atoms with van der Waals surface area (Å²) in [5.74, 6) is -0.110. The van der Waals surface area contributed by atoms with Gasteiger partial charge in [-0.25, -0.2) is 13.4 Å². The number of hydrogen-bond acceptors (Lipinski definition) is 6. The number of aliphatic hydroxyl groups excluding tert-OH is 1. The topological polar surface area (TPSA) is 96.4 Å². The van der Waals surface area contributed by atoms with E-state index in [2.05, 4.69) is 10.3 Å². The fourth-order valence-electron chi connectivity index (χ4n) is 3.09. The molecule has 8 heteroatoms. The zero-order valence-corrected chi connectivity index (χ0v) is 18.3. The molecule has 0 saturated carbocycles. The van der Waals surface area contributed by atoms with Gasteiger partial charge in [-0.3, -0.25) is 4.79 Å². The van der Waals surface area contributed by atoms with Crippen LogP contribution in [0.1, 0.15) is 39.7 Å². The van der Waals surface area contributed by atoms with Gasteiger partial charge >= 0.3 is 0 Å². The van der Waals surface area contributed by atoms with Crippen molar-refractivity contribution in [3.05, 3.63) is 81.4 Å². The summed E-state index contributed by atoms with van der Waals surface area (Å²) in [6.45, 7) is 1.49. The van der Waals surface area contributed by atoms with Crippen LogP contribution in [-0.2, 0) is 47.1 Å². The van der Waals surface area contributed by atoms with Crippen LogP contribution < -0.4 is 5.32 Å². The molecule has 3 rings (SSSR count). The molecule has 0 saturated heterocycles. The Bertz CT molecular complexity index is 1060. The number of carbonyl (C=O) groups is 1. The highest BCUT2D eigenvalue weighted by molar-refractivity contribution is 7.71. The number of nitrogens with zero attached hydrogens (tertiary/aromatic N) is 1. The summed E-state index contributed by atoms with van der Waals surface area (Å²) in [5.41, 5.74) is 4.81. The van der Waals surface area contributed by atoms with Gasteiger partial charge in [0.15, 0.2) is 5.13 Å². The second kappa shape index (κ2) is 10.5. The molecule has 0 radical (unpaired) electrons. The van der Waals surface area contributed by atoms with Gasteiger partial charge < -0.3 is 10.4 Å². The molecular weight excluding hydrogens is 420 g/mol. The maximum Gasteiger partial charge on any atom is 0.223 e. The highest BCUT2D eigenvalue weighted by atomic mass is 32.2. The Morgan fingerprint density at radius 3 is 2.17 bits per heavy atom. The van der Waals surface area contributed by atoms with Crippen LogP contribution in [0.3, 0.4) is 0 Å². The van der Waals surface area contributed by atoms with E-state index in [0.717, 1.165) is 45.7 Å². The number of hydrogen-bond donors (Lipinski definition) is 3. The summed E-state index contributed by atoms with van der Waals surface area (Å²) in [4.78, 5) is 17.1. The molecule has 1 aromatic heterocycles. The number of rotatable bonds is 9. The van der Waals surface area contributed by atoms with Crippen molar-refractivity contribution in [2.75, 3.05) is 5.32 Å². The van der Waals surface area contributed by atoms with Crippen molar-refractivity contribution in [2.45, 2.75) is 38.5 Å². The van der Waals surface area contributed by atoms with E-state index in [1.807, 2.05) is 48.5 Å². The number of thiazole rings is 1. The Hall–Kier alpha value is -2.55. The number of nitrogens with one attached hydrogen (secondary N) is 1. The largest absolute Gasteiger partial charge is 0.392 e. The predicted octanol–water partition coefficient (Wildman–Crippen LogP) is 3.08. The van der Waals surface area contributed by atoms with Crippen LogP contribution in [0.4, 0.5) is 5.13 Å². The van der Waals surface area contributed by atoms with E-state index in [1.54, 1.807) is 0 Å². The first kappa shape index (κ1) is 22.1. The highest BCUT2D eigenvalue weighted by Gasteiger charge is 2.13. The molecule has 6 nitrogen and oxygen atoms in total. The number of thiol groups is 1. The van der Waals surface area contributed by atoms with Crippen LogP contribution >= 0.6 is 11.3 Å². The minimum atomic E-state index is -2.44. The lowest BCUT2D eigenvalue weighted by atomic mass is 10.0. The molecule has 2 aromatic carbocycles. The van der Waals surface area contributed by atoms with Gasteiger partial charge in [-0.15, -0.1) is 11.3 Å². The summed E-state index contributed by atoms with van der Waals surface area (Å²) < 4.78 is 21.8. The monoisotopic (exact) mass is 444 g/mol. The molecule has 158 valence electrons. The number of benzene rings is 2. The summed E-state index contributed by atoms with van der Waals surface area (Å²) in [6.07, 6.45) is 2.20. The van der Waals surface area contributed by atoms with E-state index in [-0.39, 0.29) is 18.3 Å². The van der Waals surface area contributed by atoms with Crippen LogP contribution in [0, 0.1) is 0 Å². The Morgan fingerprint density at radius 2 is 1.57 bits per heavy atom. The van der Waals surface area contributed by atoms with E-state index in [1.165, 1.54) is 18.3 Å². The summed E-state index contributed by atoms with van der Waals surface area (Å²) in [6, 6.07) is 15.4. The van der Waals surface area contributed by atoms with Gasteiger partial charge in [-0.05, 0) is 35.1 Å². The predicted molar refractivity (Wildman–Crippen MR) is 119 cm³/mol. The van der Waals surface area contributed by atoms with Crippen molar-refractivity contribution in [3.63, 3.8) is 0 Å². The van der Waals surface area contributed by atoms with E-state index in [9.17, 15) is 18.3 Å². The number of aliphatic hydroxyl groups is 1. The molecule has 3 aromatic rings. The molecule has 0 aliphatic heterocycles. The van der Waals surface area contributed by atoms with Gasteiger partial charge in [-0.2, -0.15) is 0 Å². The lowest BCUT2D eigenvalue weighted by Crippen LogP contribution is -2.05. The van der Waals surface area contributed by atoms with Gasteiger partial charge in [0.05, 0.1) is 18.1 Å². The summed E-state index contributed by atoms with van der Waals surface area (Å²) in [5, 5.41) is 12.5. The van der Waals surface area contributed by atoms with Crippen LogP contribution in [0.15, 0.2) is 48.5 Å². The lowest BCUT2D eigenvalue weighted by molar-refractivity contribution is -0.114. The van der Waals surface area contributed by atoms with Crippen molar-refractivity contribution in [1.82, 2.24) is 4.98 Å². The highest BCUT2D eigenvalue weighted by Crippen LogP contribution is 2.27. The average Bonchev–Trinajstić information content (AvgIpc) is 3.08. The second-order valence-corrected chi connectivity index (χ2v) is 9.09. The first-order valence-electron chi connectivity index (χ1n) is 9.57. The fourth-order valence-corrected chi connectivity index (χ4v) is 4.69. The third-order valence-corrected chi connectivity index (χ3v) is 6.25. The standard InChI is InChI=1S/C22H24N2O4S2/c1-15(26)23-22-24-20(11-10-16-2-6-18(13-25)7-3-16)21(29-22)12-17-4-8-19(9-5-17)14-30(27)28/h2-9,25,30H,10-14H2,1H3,(H,23,24,26).